The summed E-state index contributed by atoms with van der Waals surface area (Å²) in [5.74, 6) is 0.950. The fourth-order valence-corrected chi connectivity index (χ4v) is 7.38. The highest BCUT2D eigenvalue weighted by molar-refractivity contribution is 6.21. The highest BCUT2D eigenvalue weighted by atomic mass is 16.3. The maximum absolute atomic E-state index is 5.68. The van der Waals surface area contributed by atoms with Gasteiger partial charge in [0.15, 0.2) is 0 Å². The van der Waals surface area contributed by atoms with E-state index in [4.69, 9.17) is 18.8 Å². The summed E-state index contributed by atoms with van der Waals surface area (Å²) in [6.45, 7) is 0. The Balaban J connectivity index is 1.27. The lowest BCUT2D eigenvalue weighted by molar-refractivity contribution is 0.572. The molecule has 0 amide bonds. The van der Waals surface area contributed by atoms with Gasteiger partial charge in [0.1, 0.15) is 23.9 Å². The van der Waals surface area contributed by atoms with Crippen LogP contribution in [0.5, 0.6) is 0 Å². The number of aromatic nitrogens is 4. The first-order valence-electron chi connectivity index (χ1n) is 17.8. The van der Waals surface area contributed by atoms with E-state index in [9.17, 15) is 0 Å². The van der Waals surface area contributed by atoms with Gasteiger partial charge < -0.3 is 8.83 Å². The second-order valence-electron chi connectivity index (χ2n) is 13.1. The number of oxazole rings is 2. The second kappa shape index (κ2) is 13.3. The molecular weight excluding hydrogens is 665 g/mol. The van der Waals surface area contributed by atoms with E-state index in [-0.39, 0.29) is 0 Å². The van der Waals surface area contributed by atoms with Gasteiger partial charge in [-0.2, -0.15) is 0 Å². The van der Waals surface area contributed by atoms with E-state index < -0.39 is 0 Å². The smallest absolute Gasteiger partial charge is 0.245 e. The summed E-state index contributed by atoms with van der Waals surface area (Å²) >= 11 is 0. The molecule has 0 aliphatic heterocycles. The van der Waals surface area contributed by atoms with E-state index in [1.165, 1.54) is 0 Å². The van der Waals surface area contributed by atoms with Crippen LogP contribution in [0.1, 0.15) is 0 Å². The van der Waals surface area contributed by atoms with Gasteiger partial charge in [0.05, 0.1) is 23.8 Å². The maximum atomic E-state index is 5.68. The Labute approximate surface area is 311 Å². The van der Waals surface area contributed by atoms with Crippen LogP contribution in [0.4, 0.5) is 0 Å². The first kappa shape index (κ1) is 31.3. The molecule has 0 unspecified atom stereocenters. The van der Waals surface area contributed by atoms with E-state index in [2.05, 4.69) is 143 Å². The van der Waals surface area contributed by atoms with Crippen LogP contribution in [0.3, 0.4) is 0 Å². The molecular formula is C48H30N4O2. The molecule has 0 saturated heterocycles. The van der Waals surface area contributed by atoms with E-state index in [1.807, 2.05) is 24.3 Å². The van der Waals surface area contributed by atoms with Gasteiger partial charge in [0.25, 0.3) is 0 Å². The number of fused-ring (bicyclic) bond motifs is 2. The summed E-state index contributed by atoms with van der Waals surface area (Å²) in [5, 5.41) is 4.22. The van der Waals surface area contributed by atoms with Gasteiger partial charge in [-0.1, -0.05) is 109 Å². The van der Waals surface area contributed by atoms with E-state index >= 15 is 0 Å². The minimum absolute atomic E-state index is 0.474. The molecule has 0 saturated carbocycles. The van der Waals surface area contributed by atoms with Crippen LogP contribution in [-0.4, -0.2) is 19.9 Å². The van der Waals surface area contributed by atoms with Gasteiger partial charge in [-0.3, -0.25) is 0 Å². The topological polar surface area (TPSA) is 77.8 Å². The molecule has 0 N–H and O–H groups in total. The van der Waals surface area contributed by atoms with Crippen molar-refractivity contribution in [2.45, 2.75) is 0 Å². The summed E-state index contributed by atoms with van der Waals surface area (Å²) in [7, 11) is 0. The lowest BCUT2D eigenvalue weighted by atomic mass is 9.86. The Hall–Kier alpha value is -7.44. The molecule has 0 aliphatic rings. The van der Waals surface area contributed by atoms with Crippen molar-refractivity contribution >= 4 is 21.5 Å². The molecule has 10 aromatic rings. The van der Waals surface area contributed by atoms with Crippen molar-refractivity contribution < 1.29 is 8.83 Å². The van der Waals surface area contributed by atoms with Crippen LogP contribution in [0, 0.1) is 0 Å². The van der Waals surface area contributed by atoms with Crippen LogP contribution in [-0.2, 0) is 0 Å². The minimum atomic E-state index is 0.474. The number of pyridine rings is 2. The summed E-state index contributed by atoms with van der Waals surface area (Å²) in [5.41, 5.74) is 11.9. The molecule has 0 fully saturated rings. The van der Waals surface area contributed by atoms with Gasteiger partial charge in [-0.05, 0) is 103 Å². The summed E-state index contributed by atoms with van der Waals surface area (Å²) in [4.78, 5) is 19.0. The van der Waals surface area contributed by atoms with Crippen LogP contribution >= 0.6 is 0 Å². The van der Waals surface area contributed by atoms with Crippen molar-refractivity contribution in [3.63, 3.8) is 0 Å². The van der Waals surface area contributed by atoms with Gasteiger partial charge in [-0.15, -0.1) is 0 Å². The molecule has 4 heterocycles. The number of nitrogens with zero attached hydrogens (tertiary/aromatic N) is 4. The molecule has 4 aromatic heterocycles. The first-order valence-corrected chi connectivity index (χ1v) is 17.8. The third-order valence-corrected chi connectivity index (χ3v) is 9.82. The second-order valence-corrected chi connectivity index (χ2v) is 13.1. The molecule has 6 heteroatoms. The maximum Gasteiger partial charge on any atom is 0.245 e. The molecule has 10 rings (SSSR count). The lowest BCUT2D eigenvalue weighted by Gasteiger charge is -2.18. The number of hydrogen-bond donors (Lipinski definition) is 0. The molecule has 6 nitrogen and oxygen atoms in total. The first-order chi connectivity index (χ1) is 26.8. The van der Waals surface area contributed by atoms with Crippen molar-refractivity contribution in [2.24, 2.45) is 0 Å². The van der Waals surface area contributed by atoms with Crippen LogP contribution in [0.2, 0.25) is 0 Å². The van der Waals surface area contributed by atoms with Gasteiger partial charge in [-0.25, -0.2) is 19.9 Å². The lowest BCUT2D eigenvalue weighted by Crippen LogP contribution is -1.96. The zero-order chi connectivity index (χ0) is 35.8. The Morgan fingerprint density at radius 3 is 1.26 bits per heavy atom. The van der Waals surface area contributed by atoms with E-state index in [1.54, 1.807) is 24.9 Å². The van der Waals surface area contributed by atoms with Crippen molar-refractivity contribution in [3.05, 3.63) is 183 Å². The monoisotopic (exact) mass is 694 g/mol. The summed E-state index contributed by atoms with van der Waals surface area (Å²) in [6.07, 6.45) is 6.42. The van der Waals surface area contributed by atoms with Crippen molar-refractivity contribution in [1.82, 2.24) is 19.9 Å². The Morgan fingerprint density at radius 1 is 0.315 bits per heavy atom. The Bertz CT molecular complexity index is 2860. The fourth-order valence-electron chi connectivity index (χ4n) is 7.38. The largest absolute Gasteiger partial charge is 0.443 e. The average Bonchev–Trinajstić information content (AvgIpc) is 4.00. The molecule has 0 atom stereocenters. The Morgan fingerprint density at radius 2 is 0.759 bits per heavy atom. The molecule has 0 bridgehead atoms. The summed E-state index contributed by atoms with van der Waals surface area (Å²) in [6, 6.07) is 55.2. The third-order valence-electron chi connectivity index (χ3n) is 9.82. The predicted octanol–water partition coefficient (Wildman–Crippen LogP) is 12.4. The number of benzene rings is 6. The summed E-state index contributed by atoms with van der Waals surface area (Å²) < 4.78 is 11.3. The predicted molar refractivity (Wildman–Crippen MR) is 215 cm³/mol. The van der Waals surface area contributed by atoms with Crippen molar-refractivity contribution in [2.75, 3.05) is 0 Å². The standard InChI is InChI=1S/C48H30N4O2/c1-3-11-31(12-4-1)34-27-35(32-13-5-2-6-14-32)29-36(28-34)33-21-22-39-40(30-33)46(42-18-10-20-44(52-42)48-50-24-26-54-48)38-16-8-7-15-37(38)45(39)41-17-9-19-43(51-41)47-49-23-25-53-47/h1-30H. The highest BCUT2D eigenvalue weighted by Gasteiger charge is 2.21. The van der Waals surface area contributed by atoms with Crippen molar-refractivity contribution in [3.8, 4) is 79.1 Å². The quantitative estimate of drug-likeness (QED) is 0.155. The Kier molecular flexibility index (Phi) is 7.69. The molecule has 0 spiro atoms. The van der Waals surface area contributed by atoms with Gasteiger partial charge in [0.2, 0.25) is 11.8 Å². The SMILES string of the molecule is c1ccc(-c2cc(-c3ccccc3)cc(-c3ccc4c(-c5cccc(-c6ncco6)n5)c5ccccc5c(-c5cccc(-c6ncco6)n5)c4c3)c2)cc1. The molecule has 54 heavy (non-hydrogen) atoms. The average molecular weight is 695 g/mol. The molecule has 0 radical (unpaired) electrons. The zero-order valence-electron chi connectivity index (χ0n) is 28.9. The van der Waals surface area contributed by atoms with E-state index in [0.717, 1.165) is 77.4 Å². The number of hydrogen-bond acceptors (Lipinski definition) is 6. The van der Waals surface area contributed by atoms with E-state index in [0.29, 0.717) is 23.2 Å². The number of rotatable bonds is 7. The zero-order valence-corrected chi connectivity index (χ0v) is 28.9. The third kappa shape index (κ3) is 5.63. The van der Waals surface area contributed by atoms with Gasteiger partial charge in [0, 0.05) is 11.1 Å². The molecule has 6 aromatic carbocycles. The normalized spacial score (nSPS) is 11.3. The van der Waals surface area contributed by atoms with Gasteiger partial charge >= 0.3 is 0 Å². The minimum Gasteiger partial charge on any atom is -0.443 e. The van der Waals surface area contributed by atoms with Crippen LogP contribution in [0.25, 0.3) is 101 Å². The van der Waals surface area contributed by atoms with Crippen molar-refractivity contribution in [1.29, 1.82) is 0 Å². The highest BCUT2D eigenvalue weighted by Crippen LogP contribution is 2.45. The molecule has 0 aliphatic carbocycles. The van der Waals surface area contributed by atoms with Crippen LogP contribution < -0.4 is 0 Å². The molecule has 254 valence electrons. The fraction of sp³-hybridized carbons (Fsp3) is 0. The van der Waals surface area contributed by atoms with Crippen LogP contribution in [0.15, 0.2) is 191 Å².